The summed E-state index contributed by atoms with van der Waals surface area (Å²) in [5.41, 5.74) is 0. The molecule has 0 bridgehead atoms. The molecule has 0 atom stereocenters. The van der Waals surface area contributed by atoms with Crippen molar-refractivity contribution in [3.05, 3.63) is 0 Å². The van der Waals surface area contributed by atoms with E-state index in [1.165, 1.54) is 154 Å². The second kappa shape index (κ2) is 35.4. The Kier molecular flexibility index (Phi) is 37.8. The molecule has 0 saturated heterocycles. The number of rotatable bonds is 30. The van der Waals surface area contributed by atoms with Gasteiger partial charge >= 0.3 is 49.7 Å². The molecule has 0 fully saturated rings. The first-order valence-corrected chi connectivity index (χ1v) is 16.9. The standard InChI is InChI=1S/C34H66O3.Ca.2H/c1-3-5-7-9-11-13-15-17-18-20-22-24-26-28-30-32-34(36)37-33(35)31-29-27-25-23-21-19-16-14-12-10-8-6-4-2;;;/h3-32H2,1-2H3;;;. The molecule has 0 aromatic heterocycles. The van der Waals surface area contributed by atoms with E-state index in [0.29, 0.717) is 12.8 Å². The number of hydrogen-bond acceptors (Lipinski definition) is 3. The van der Waals surface area contributed by atoms with Crippen molar-refractivity contribution in [2.75, 3.05) is 0 Å². The van der Waals surface area contributed by atoms with Gasteiger partial charge in [-0.3, -0.25) is 9.59 Å². The predicted molar refractivity (Wildman–Crippen MR) is 170 cm³/mol. The Hall–Kier alpha value is 0.400. The summed E-state index contributed by atoms with van der Waals surface area (Å²) >= 11 is 0. The summed E-state index contributed by atoms with van der Waals surface area (Å²) in [4.78, 5) is 23.8. The van der Waals surface area contributed by atoms with E-state index in [1.54, 1.807) is 0 Å². The zero-order chi connectivity index (χ0) is 27.1. The molecule has 0 aliphatic carbocycles. The molecule has 0 saturated carbocycles. The van der Waals surface area contributed by atoms with E-state index in [0.717, 1.165) is 25.7 Å². The predicted octanol–water partition coefficient (Wildman–Crippen LogP) is 10.9. The molecule has 0 heterocycles. The number of unbranched alkanes of at least 4 members (excludes halogenated alkanes) is 26. The molecular formula is C34H68CaO3. The van der Waals surface area contributed by atoms with Crippen molar-refractivity contribution in [3.63, 3.8) is 0 Å². The molecule has 0 radical (unpaired) electrons. The van der Waals surface area contributed by atoms with Gasteiger partial charge in [-0.05, 0) is 12.8 Å². The van der Waals surface area contributed by atoms with E-state index in [1.807, 2.05) is 0 Å². The Labute approximate surface area is 268 Å². The molecule has 3 nitrogen and oxygen atoms in total. The molecule has 0 aromatic carbocycles. The zero-order valence-corrected chi connectivity index (χ0v) is 25.4. The Morgan fingerprint density at radius 3 is 0.737 bits per heavy atom. The van der Waals surface area contributed by atoms with E-state index in [9.17, 15) is 9.59 Å². The topological polar surface area (TPSA) is 43.4 Å². The van der Waals surface area contributed by atoms with Gasteiger partial charge < -0.3 is 4.74 Å². The fraction of sp³-hybridized carbons (Fsp3) is 0.941. The number of hydrogen-bond donors (Lipinski definition) is 0. The van der Waals surface area contributed by atoms with E-state index >= 15 is 0 Å². The average molecular weight is 565 g/mol. The Morgan fingerprint density at radius 1 is 0.342 bits per heavy atom. The van der Waals surface area contributed by atoms with Crippen LogP contribution in [0.5, 0.6) is 0 Å². The first-order chi connectivity index (χ1) is 18.2. The van der Waals surface area contributed by atoms with Crippen LogP contribution < -0.4 is 0 Å². The fourth-order valence-corrected chi connectivity index (χ4v) is 5.16. The molecule has 0 spiro atoms. The molecule has 0 N–H and O–H groups in total. The van der Waals surface area contributed by atoms with Crippen molar-refractivity contribution in [2.24, 2.45) is 0 Å². The SMILES string of the molecule is CCCCCCCCCCCCCCCCCC(=O)OC(=O)CCCCCCCCCCCCCCC.[CaH2]. The molecule has 224 valence electrons. The number of carbonyl (C=O) groups excluding carboxylic acids is 2. The van der Waals surface area contributed by atoms with E-state index in [-0.39, 0.29) is 49.7 Å². The molecule has 0 unspecified atom stereocenters. The van der Waals surface area contributed by atoms with Gasteiger partial charge in [0, 0.05) is 12.8 Å². The molecule has 4 heteroatoms. The van der Waals surface area contributed by atoms with Crippen LogP contribution in [0.2, 0.25) is 0 Å². The van der Waals surface area contributed by atoms with Crippen molar-refractivity contribution < 1.29 is 14.3 Å². The number of ether oxygens (including phenoxy) is 1. The first-order valence-electron chi connectivity index (χ1n) is 16.9. The molecular weight excluding hydrogens is 496 g/mol. The van der Waals surface area contributed by atoms with Gasteiger partial charge in [-0.25, -0.2) is 0 Å². The minimum absolute atomic E-state index is 0. The zero-order valence-electron chi connectivity index (χ0n) is 25.4. The van der Waals surface area contributed by atoms with Crippen LogP contribution >= 0.6 is 0 Å². The van der Waals surface area contributed by atoms with Crippen LogP contribution in [0, 0.1) is 0 Å². The number of carbonyl (C=O) groups is 2. The van der Waals surface area contributed by atoms with Crippen molar-refractivity contribution >= 4 is 49.7 Å². The quantitative estimate of drug-likeness (QED) is 0.0377. The third kappa shape index (κ3) is 34.4. The second-order valence-corrected chi connectivity index (χ2v) is 11.5. The van der Waals surface area contributed by atoms with Gasteiger partial charge in [0.1, 0.15) is 0 Å². The van der Waals surface area contributed by atoms with Gasteiger partial charge in [0.05, 0.1) is 0 Å². The van der Waals surface area contributed by atoms with Crippen molar-refractivity contribution in [1.82, 2.24) is 0 Å². The third-order valence-electron chi connectivity index (χ3n) is 7.70. The maximum atomic E-state index is 11.9. The Bertz CT molecular complexity index is 480. The Balaban J connectivity index is 0. The summed E-state index contributed by atoms with van der Waals surface area (Å²) in [5.74, 6) is -0.650. The molecule has 38 heavy (non-hydrogen) atoms. The summed E-state index contributed by atoms with van der Waals surface area (Å²) < 4.78 is 5.00. The van der Waals surface area contributed by atoms with Gasteiger partial charge in [0.2, 0.25) is 0 Å². The van der Waals surface area contributed by atoms with E-state index < -0.39 is 0 Å². The summed E-state index contributed by atoms with van der Waals surface area (Å²) in [6.45, 7) is 4.55. The summed E-state index contributed by atoms with van der Waals surface area (Å²) in [6.07, 6.45) is 37.2. The summed E-state index contributed by atoms with van der Waals surface area (Å²) in [6, 6.07) is 0. The molecule has 0 amide bonds. The summed E-state index contributed by atoms with van der Waals surface area (Å²) in [7, 11) is 0. The van der Waals surface area contributed by atoms with Gasteiger partial charge in [-0.2, -0.15) is 0 Å². The van der Waals surface area contributed by atoms with E-state index in [4.69, 9.17) is 4.74 Å². The molecule has 0 aromatic rings. The van der Waals surface area contributed by atoms with Gasteiger partial charge in [0.25, 0.3) is 0 Å². The Morgan fingerprint density at radius 2 is 0.526 bits per heavy atom. The van der Waals surface area contributed by atoms with Crippen molar-refractivity contribution in [2.45, 2.75) is 206 Å². The molecule has 0 rings (SSSR count). The normalized spacial score (nSPS) is 10.9. The average Bonchev–Trinajstić information content (AvgIpc) is 2.89. The van der Waals surface area contributed by atoms with Crippen LogP contribution in [0.4, 0.5) is 0 Å². The minimum atomic E-state index is -0.325. The molecule has 0 aliphatic heterocycles. The van der Waals surface area contributed by atoms with Crippen LogP contribution in [-0.2, 0) is 14.3 Å². The second-order valence-electron chi connectivity index (χ2n) is 11.5. The fourth-order valence-electron chi connectivity index (χ4n) is 5.16. The third-order valence-corrected chi connectivity index (χ3v) is 7.70. The maximum absolute atomic E-state index is 11.9. The van der Waals surface area contributed by atoms with Crippen LogP contribution in [0.1, 0.15) is 206 Å². The van der Waals surface area contributed by atoms with Crippen LogP contribution in [0.25, 0.3) is 0 Å². The van der Waals surface area contributed by atoms with Crippen LogP contribution in [0.3, 0.4) is 0 Å². The van der Waals surface area contributed by atoms with Crippen molar-refractivity contribution in [1.29, 1.82) is 0 Å². The van der Waals surface area contributed by atoms with Gasteiger partial charge in [0.15, 0.2) is 0 Å². The van der Waals surface area contributed by atoms with Gasteiger partial charge in [-0.1, -0.05) is 181 Å². The van der Waals surface area contributed by atoms with Crippen LogP contribution in [-0.4, -0.2) is 49.7 Å². The van der Waals surface area contributed by atoms with E-state index in [2.05, 4.69) is 13.8 Å². The van der Waals surface area contributed by atoms with Crippen molar-refractivity contribution in [3.8, 4) is 0 Å². The summed E-state index contributed by atoms with van der Waals surface area (Å²) in [5, 5.41) is 0. The monoisotopic (exact) mass is 564 g/mol. The first kappa shape index (κ1) is 40.5. The number of esters is 2. The van der Waals surface area contributed by atoms with Gasteiger partial charge in [-0.15, -0.1) is 0 Å². The van der Waals surface area contributed by atoms with Crippen LogP contribution in [0.15, 0.2) is 0 Å². The molecule has 0 aliphatic rings.